The monoisotopic (exact) mass is 335 g/mol. The average Bonchev–Trinajstić information content (AvgIpc) is 2.54. The molecule has 2 aromatic carbocycles. The molecule has 0 saturated carbocycles. The van der Waals surface area contributed by atoms with E-state index in [9.17, 15) is 13.6 Å². The highest BCUT2D eigenvalue weighted by atomic mass is 19.1. The van der Waals surface area contributed by atoms with Gasteiger partial charge in [0.2, 0.25) is 0 Å². The predicted molar refractivity (Wildman–Crippen MR) is 85.9 cm³/mol. The van der Waals surface area contributed by atoms with Gasteiger partial charge >= 0.3 is 0 Å². The summed E-state index contributed by atoms with van der Waals surface area (Å²) in [5.74, 6) is -1.27. The molecule has 0 spiro atoms. The number of hydrogen-bond donors (Lipinski definition) is 1. The fourth-order valence-electron chi connectivity index (χ4n) is 1.96. The summed E-state index contributed by atoms with van der Waals surface area (Å²) in [4.78, 5) is 11.7. The Hall–Kier alpha value is -2.63. The van der Waals surface area contributed by atoms with E-state index in [1.807, 2.05) is 13.8 Å². The minimum atomic E-state index is -0.534. The molecule has 0 aliphatic rings. The zero-order valence-corrected chi connectivity index (χ0v) is 13.5. The van der Waals surface area contributed by atoms with E-state index in [0.717, 1.165) is 0 Å². The Morgan fingerprint density at radius 2 is 1.83 bits per heavy atom. The Labute approximate surface area is 139 Å². The number of hydrogen-bond acceptors (Lipinski definition) is 3. The molecule has 0 aliphatic carbocycles. The van der Waals surface area contributed by atoms with Gasteiger partial charge in [-0.05, 0) is 43.7 Å². The molecule has 0 aliphatic heterocycles. The van der Waals surface area contributed by atoms with Gasteiger partial charge in [-0.15, -0.1) is 0 Å². The Morgan fingerprint density at radius 1 is 1.08 bits per heavy atom. The third-order valence-corrected chi connectivity index (χ3v) is 3.04. The Morgan fingerprint density at radius 3 is 2.50 bits per heavy atom. The average molecular weight is 335 g/mol. The minimum Gasteiger partial charge on any atom is -0.488 e. The second-order valence-corrected chi connectivity index (χ2v) is 5.43. The lowest BCUT2D eigenvalue weighted by atomic mass is 10.2. The second-order valence-electron chi connectivity index (χ2n) is 5.43. The summed E-state index contributed by atoms with van der Waals surface area (Å²) < 4.78 is 37.6. The van der Waals surface area contributed by atoms with Gasteiger partial charge in [0.1, 0.15) is 0 Å². The van der Waals surface area contributed by atoms with Crippen molar-refractivity contribution in [3.63, 3.8) is 0 Å². The fourth-order valence-corrected chi connectivity index (χ4v) is 1.96. The summed E-state index contributed by atoms with van der Waals surface area (Å²) in [5, 5.41) is 2.58. The Bertz CT molecular complexity index is 704. The quantitative estimate of drug-likeness (QED) is 0.843. The van der Waals surface area contributed by atoms with Crippen LogP contribution >= 0.6 is 0 Å². The van der Waals surface area contributed by atoms with Crippen LogP contribution in [0.2, 0.25) is 0 Å². The van der Waals surface area contributed by atoms with E-state index in [4.69, 9.17) is 9.47 Å². The predicted octanol–water partition coefficient (Wildman–Crippen LogP) is 3.45. The van der Waals surface area contributed by atoms with Crippen LogP contribution < -0.4 is 14.8 Å². The molecule has 2 rings (SSSR count). The van der Waals surface area contributed by atoms with E-state index in [-0.39, 0.29) is 30.8 Å². The molecule has 0 saturated heterocycles. The maximum absolute atomic E-state index is 13.8. The molecule has 0 unspecified atom stereocenters. The van der Waals surface area contributed by atoms with Crippen LogP contribution in [0.5, 0.6) is 11.5 Å². The highest BCUT2D eigenvalue weighted by Crippen LogP contribution is 2.19. The van der Waals surface area contributed by atoms with Crippen molar-refractivity contribution < 1.29 is 23.0 Å². The number of carbonyl (C=O) groups is 1. The van der Waals surface area contributed by atoms with Crippen molar-refractivity contribution in [1.82, 2.24) is 5.32 Å². The summed E-state index contributed by atoms with van der Waals surface area (Å²) in [5.41, 5.74) is 0.586. The van der Waals surface area contributed by atoms with Crippen molar-refractivity contribution in [2.75, 3.05) is 6.61 Å². The lowest BCUT2D eigenvalue weighted by molar-refractivity contribution is -0.123. The van der Waals surface area contributed by atoms with E-state index in [0.29, 0.717) is 5.56 Å². The summed E-state index contributed by atoms with van der Waals surface area (Å²) in [6, 6.07) is 10.3. The number of amides is 1. The molecule has 1 amide bonds. The standard InChI is InChI=1S/C18H19F2NO3/c1-12(2)24-17-8-7-13(9-15(17)20)10-21-18(22)11-23-16-6-4-3-5-14(16)19/h3-9,12H,10-11H2,1-2H3,(H,21,22). The van der Waals surface area contributed by atoms with Gasteiger partial charge in [-0.2, -0.15) is 0 Å². The van der Waals surface area contributed by atoms with Gasteiger partial charge in [0.25, 0.3) is 5.91 Å². The van der Waals surface area contributed by atoms with Crippen molar-refractivity contribution in [2.24, 2.45) is 0 Å². The lowest BCUT2D eigenvalue weighted by Gasteiger charge is -2.12. The summed E-state index contributed by atoms with van der Waals surface area (Å²) in [7, 11) is 0. The van der Waals surface area contributed by atoms with E-state index in [1.165, 1.54) is 30.3 Å². The highest BCUT2D eigenvalue weighted by molar-refractivity contribution is 5.77. The molecule has 0 atom stereocenters. The van der Waals surface area contributed by atoms with Crippen LogP contribution in [0, 0.1) is 11.6 Å². The van der Waals surface area contributed by atoms with Gasteiger partial charge in [-0.1, -0.05) is 18.2 Å². The van der Waals surface area contributed by atoms with E-state index < -0.39 is 17.5 Å². The highest BCUT2D eigenvalue weighted by Gasteiger charge is 2.09. The zero-order chi connectivity index (χ0) is 17.5. The van der Waals surface area contributed by atoms with Crippen LogP contribution in [0.25, 0.3) is 0 Å². The first-order valence-electron chi connectivity index (χ1n) is 7.55. The number of nitrogens with one attached hydrogen (secondary N) is 1. The number of benzene rings is 2. The summed E-state index contributed by atoms with van der Waals surface area (Å²) in [6.07, 6.45) is -0.124. The van der Waals surface area contributed by atoms with Crippen molar-refractivity contribution in [1.29, 1.82) is 0 Å². The fraction of sp³-hybridized carbons (Fsp3) is 0.278. The number of para-hydroxylation sites is 1. The molecule has 0 fully saturated rings. The molecular formula is C18H19F2NO3. The molecule has 1 N–H and O–H groups in total. The van der Waals surface area contributed by atoms with Gasteiger partial charge < -0.3 is 14.8 Å². The van der Waals surface area contributed by atoms with Crippen LogP contribution in [0.3, 0.4) is 0 Å². The smallest absolute Gasteiger partial charge is 0.258 e. The first-order valence-corrected chi connectivity index (χ1v) is 7.55. The normalized spacial score (nSPS) is 10.5. The van der Waals surface area contributed by atoms with Crippen molar-refractivity contribution in [3.8, 4) is 11.5 Å². The van der Waals surface area contributed by atoms with Crippen molar-refractivity contribution in [3.05, 3.63) is 59.7 Å². The second kappa shape index (κ2) is 8.29. The molecule has 0 radical (unpaired) electrons. The van der Waals surface area contributed by atoms with Crippen LogP contribution in [0.4, 0.5) is 8.78 Å². The van der Waals surface area contributed by atoms with E-state index in [2.05, 4.69) is 5.32 Å². The van der Waals surface area contributed by atoms with Gasteiger partial charge in [-0.3, -0.25) is 4.79 Å². The minimum absolute atomic E-state index is 0.00822. The number of ether oxygens (including phenoxy) is 2. The molecule has 0 bridgehead atoms. The van der Waals surface area contributed by atoms with Gasteiger partial charge in [0.05, 0.1) is 6.10 Å². The molecule has 6 heteroatoms. The SMILES string of the molecule is CC(C)Oc1ccc(CNC(=O)COc2ccccc2F)cc1F. The van der Waals surface area contributed by atoms with Gasteiger partial charge in [-0.25, -0.2) is 8.78 Å². The molecule has 128 valence electrons. The molecule has 0 heterocycles. The van der Waals surface area contributed by atoms with E-state index in [1.54, 1.807) is 12.1 Å². The largest absolute Gasteiger partial charge is 0.488 e. The number of halogens is 2. The zero-order valence-electron chi connectivity index (χ0n) is 13.5. The van der Waals surface area contributed by atoms with Crippen LogP contribution in [-0.4, -0.2) is 18.6 Å². The molecule has 2 aromatic rings. The lowest BCUT2D eigenvalue weighted by Crippen LogP contribution is -2.28. The summed E-state index contributed by atoms with van der Waals surface area (Å²) in [6.45, 7) is 3.43. The first kappa shape index (κ1) is 17.7. The summed E-state index contributed by atoms with van der Waals surface area (Å²) >= 11 is 0. The molecule has 0 aromatic heterocycles. The van der Waals surface area contributed by atoms with Crippen molar-refractivity contribution in [2.45, 2.75) is 26.5 Å². The Balaban J connectivity index is 1.83. The third-order valence-electron chi connectivity index (χ3n) is 3.04. The van der Waals surface area contributed by atoms with Crippen LogP contribution in [0.1, 0.15) is 19.4 Å². The van der Waals surface area contributed by atoms with Gasteiger partial charge in [0.15, 0.2) is 29.7 Å². The van der Waals surface area contributed by atoms with Crippen LogP contribution in [-0.2, 0) is 11.3 Å². The maximum Gasteiger partial charge on any atom is 0.258 e. The number of carbonyl (C=O) groups excluding carboxylic acids is 1. The third kappa shape index (κ3) is 5.22. The molecular weight excluding hydrogens is 316 g/mol. The topological polar surface area (TPSA) is 47.6 Å². The van der Waals surface area contributed by atoms with E-state index >= 15 is 0 Å². The van der Waals surface area contributed by atoms with Crippen LogP contribution in [0.15, 0.2) is 42.5 Å². The maximum atomic E-state index is 13.8. The van der Waals surface area contributed by atoms with Crippen molar-refractivity contribution >= 4 is 5.91 Å². The first-order chi connectivity index (χ1) is 11.5. The number of rotatable bonds is 7. The van der Waals surface area contributed by atoms with Gasteiger partial charge in [0, 0.05) is 6.54 Å². The molecule has 4 nitrogen and oxygen atoms in total. The molecule has 24 heavy (non-hydrogen) atoms. The Kier molecular flexibility index (Phi) is 6.12.